The zero-order valence-corrected chi connectivity index (χ0v) is 13.2. The molecule has 2 rings (SSSR count). The molecule has 0 radical (unpaired) electrons. The van der Waals surface area contributed by atoms with Gasteiger partial charge < -0.3 is 15.0 Å². The maximum atomic E-state index is 12.7. The van der Waals surface area contributed by atoms with Crippen LogP contribution in [-0.4, -0.2) is 51.8 Å². The van der Waals surface area contributed by atoms with Crippen molar-refractivity contribution in [1.29, 1.82) is 0 Å². The Labute approximate surface area is 128 Å². The summed E-state index contributed by atoms with van der Waals surface area (Å²) < 4.78 is 0. The third-order valence-corrected chi connectivity index (χ3v) is 4.52. The molecule has 21 heavy (non-hydrogen) atoms. The molecular formula is C14H21N3O3S. The van der Waals surface area contributed by atoms with Crippen LogP contribution >= 0.6 is 11.8 Å². The number of aromatic nitrogens is 2. The molecule has 1 atom stereocenters. The fourth-order valence-electron chi connectivity index (χ4n) is 2.78. The number of thioether (sulfide) groups is 1. The SMILES string of the molecule is CSc1nc(=O)[nH]c(C)c1C(=O)N1CCCC(CCO)C1. The second kappa shape index (κ2) is 7.09. The monoisotopic (exact) mass is 311 g/mol. The first-order valence-electron chi connectivity index (χ1n) is 7.11. The van der Waals surface area contributed by atoms with E-state index < -0.39 is 5.69 Å². The van der Waals surface area contributed by atoms with Crippen molar-refractivity contribution in [3.8, 4) is 0 Å². The number of aliphatic hydroxyl groups excluding tert-OH is 1. The van der Waals surface area contributed by atoms with E-state index in [0.717, 1.165) is 19.3 Å². The van der Waals surface area contributed by atoms with Crippen molar-refractivity contribution in [2.24, 2.45) is 5.92 Å². The van der Waals surface area contributed by atoms with Crippen LogP contribution in [0.2, 0.25) is 0 Å². The first-order valence-corrected chi connectivity index (χ1v) is 8.34. The van der Waals surface area contributed by atoms with E-state index in [1.165, 1.54) is 11.8 Å². The number of hydrogen-bond acceptors (Lipinski definition) is 5. The number of carbonyl (C=O) groups is 1. The topological polar surface area (TPSA) is 86.3 Å². The number of aromatic amines is 1. The first kappa shape index (κ1) is 16.0. The molecule has 1 saturated heterocycles. The molecule has 2 N–H and O–H groups in total. The molecule has 116 valence electrons. The van der Waals surface area contributed by atoms with Gasteiger partial charge in [-0.1, -0.05) is 0 Å². The van der Waals surface area contributed by atoms with Crippen molar-refractivity contribution < 1.29 is 9.90 Å². The Morgan fingerprint density at radius 2 is 2.33 bits per heavy atom. The number of nitrogens with one attached hydrogen (secondary N) is 1. The van der Waals surface area contributed by atoms with E-state index in [-0.39, 0.29) is 12.5 Å². The summed E-state index contributed by atoms with van der Waals surface area (Å²) in [5.41, 5.74) is 0.630. The van der Waals surface area contributed by atoms with E-state index in [1.54, 1.807) is 6.92 Å². The van der Waals surface area contributed by atoms with Crippen LogP contribution in [0.3, 0.4) is 0 Å². The van der Waals surface area contributed by atoms with Crippen molar-refractivity contribution in [2.75, 3.05) is 26.0 Å². The van der Waals surface area contributed by atoms with Crippen molar-refractivity contribution in [3.63, 3.8) is 0 Å². The standard InChI is InChI=1S/C14H21N3O3S/c1-9-11(12(21-2)16-14(20)15-9)13(19)17-6-3-4-10(8-17)5-7-18/h10,18H,3-8H2,1-2H3,(H,15,16,20). The van der Waals surface area contributed by atoms with E-state index in [0.29, 0.717) is 35.3 Å². The number of hydrogen-bond donors (Lipinski definition) is 2. The lowest BCUT2D eigenvalue weighted by atomic mass is 9.94. The Kier molecular flexibility index (Phi) is 5.41. The smallest absolute Gasteiger partial charge is 0.346 e. The summed E-state index contributed by atoms with van der Waals surface area (Å²) in [5.74, 6) is 0.268. The van der Waals surface area contributed by atoms with Gasteiger partial charge in [-0.05, 0) is 38.4 Å². The Morgan fingerprint density at radius 3 is 3.00 bits per heavy atom. The zero-order valence-electron chi connectivity index (χ0n) is 12.4. The molecule has 0 aromatic carbocycles. The van der Waals surface area contributed by atoms with Crippen LogP contribution in [-0.2, 0) is 0 Å². The average Bonchev–Trinajstić information content (AvgIpc) is 2.46. The highest BCUT2D eigenvalue weighted by Crippen LogP contribution is 2.24. The molecule has 1 aromatic rings. The molecule has 2 heterocycles. The van der Waals surface area contributed by atoms with Gasteiger partial charge in [0.15, 0.2) is 0 Å². The van der Waals surface area contributed by atoms with Gasteiger partial charge in [-0.3, -0.25) is 4.79 Å². The van der Waals surface area contributed by atoms with Gasteiger partial charge in [0, 0.05) is 25.4 Å². The van der Waals surface area contributed by atoms with Gasteiger partial charge in [0.1, 0.15) is 5.03 Å². The van der Waals surface area contributed by atoms with Crippen molar-refractivity contribution in [3.05, 3.63) is 21.7 Å². The van der Waals surface area contributed by atoms with Gasteiger partial charge in [0.05, 0.1) is 5.56 Å². The number of carbonyl (C=O) groups excluding carboxylic acids is 1. The minimum atomic E-state index is -0.426. The van der Waals surface area contributed by atoms with E-state index in [9.17, 15) is 9.59 Å². The van der Waals surface area contributed by atoms with E-state index in [4.69, 9.17) is 5.11 Å². The summed E-state index contributed by atoms with van der Waals surface area (Å²) in [7, 11) is 0. The number of rotatable bonds is 4. The minimum absolute atomic E-state index is 0.0803. The molecule has 6 nitrogen and oxygen atoms in total. The average molecular weight is 311 g/mol. The van der Waals surface area contributed by atoms with Crippen LogP contribution in [0, 0.1) is 12.8 Å². The fraction of sp³-hybridized carbons (Fsp3) is 0.643. The predicted octanol–water partition coefficient (Wildman–Crippen LogP) is 1.03. The summed E-state index contributed by atoms with van der Waals surface area (Å²) in [4.78, 5) is 32.5. The number of aliphatic hydroxyl groups is 1. The molecule has 1 aliphatic heterocycles. The summed E-state index contributed by atoms with van der Waals surface area (Å²) >= 11 is 1.31. The molecule has 0 spiro atoms. The summed E-state index contributed by atoms with van der Waals surface area (Å²) in [6.45, 7) is 3.26. The van der Waals surface area contributed by atoms with Gasteiger partial charge >= 0.3 is 5.69 Å². The zero-order chi connectivity index (χ0) is 15.4. The molecule has 1 aliphatic rings. The van der Waals surface area contributed by atoms with E-state index >= 15 is 0 Å². The highest BCUT2D eigenvalue weighted by atomic mass is 32.2. The van der Waals surface area contributed by atoms with Crippen molar-refractivity contribution in [2.45, 2.75) is 31.2 Å². The minimum Gasteiger partial charge on any atom is -0.396 e. The maximum absolute atomic E-state index is 12.7. The highest BCUT2D eigenvalue weighted by Gasteiger charge is 2.27. The van der Waals surface area contributed by atoms with Gasteiger partial charge in [-0.15, -0.1) is 11.8 Å². The number of amides is 1. The lowest BCUT2D eigenvalue weighted by molar-refractivity contribution is 0.0647. The summed E-state index contributed by atoms with van der Waals surface area (Å²) in [6.07, 6.45) is 4.52. The van der Waals surface area contributed by atoms with Crippen LogP contribution in [0.1, 0.15) is 35.3 Å². The molecule has 0 saturated carbocycles. The van der Waals surface area contributed by atoms with Crippen LogP contribution in [0.4, 0.5) is 0 Å². The third kappa shape index (κ3) is 3.65. The predicted molar refractivity (Wildman–Crippen MR) is 81.7 cm³/mol. The van der Waals surface area contributed by atoms with Gasteiger partial charge in [-0.25, -0.2) is 4.79 Å². The molecule has 1 amide bonds. The molecule has 7 heteroatoms. The van der Waals surface area contributed by atoms with Crippen molar-refractivity contribution in [1.82, 2.24) is 14.9 Å². The Hall–Kier alpha value is -1.34. The lowest BCUT2D eigenvalue weighted by Gasteiger charge is -2.33. The number of likely N-dealkylation sites (tertiary alicyclic amines) is 1. The van der Waals surface area contributed by atoms with Gasteiger partial charge in [0.2, 0.25) is 0 Å². The maximum Gasteiger partial charge on any atom is 0.346 e. The Morgan fingerprint density at radius 1 is 1.57 bits per heavy atom. The van der Waals surface area contributed by atoms with Crippen LogP contribution in [0.5, 0.6) is 0 Å². The molecule has 0 aliphatic carbocycles. The number of piperidine rings is 1. The van der Waals surface area contributed by atoms with Crippen LogP contribution in [0.15, 0.2) is 9.82 Å². The highest BCUT2D eigenvalue weighted by molar-refractivity contribution is 7.98. The molecular weight excluding hydrogens is 290 g/mol. The first-order chi connectivity index (χ1) is 10.1. The second-order valence-corrected chi connectivity index (χ2v) is 6.12. The number of H-pyrrole nitrogens is 1. The lowest BCUT2D eigenvalue weighted by Crippen LogP contribution is -2.41. The molecule has 1 unspecified atom stereocenters. The second-order valence-electron chi connectivity index (χ2n) is 5.32. The Bertz CT molecular complexity index is 571. The summed E-state index contributed by atoms with van der Waals surface area (Å²) in [6, 6.07) is 0. The van der Waals surface area contributed by atoms with Crippen LogP contribution < -0.4 is 5.69 Å². The van der Waals surface area contributed by atoms with Gasteiger partial charge in [-0.2, -0.15) is 4.98 Å². The number of aryl methyl sites for hydroxylation is 1. The largest absolute Gasteiger partial charge is 0.396 e. The van der Waals surface area contributed by atoms with Crippen LogP contribution in [0.25, 0.3) is 0 Å². The normalized spacial score (nSPS) is 18.8. The molecule has 1 fully saturated rings. The van der Waals surface area contributed by atoms with Crippen molar-refractivity contribution >= 4 is 17.7 Å². The third-order valence-electron chi connectivity index (χ3n) is 3.84. The molecule has 0 bridgehead atoms. The van der Waals surface area contributed by atoms with E-state index in [2.05, 4.69) is 9.97 Å². The quantitative estimate of drug-likeness (QED) is 0.641. The van der Waals surface area contributed by atoms with Gasteiger partial charge in [0.25, 0.3) is 5.91 Å². The molecule has 1 aromatic heterocycles. The summed E-state index contributed by atoms with van der Waals surface area (Å²) in [5, 5.41) is 9.54. The Balaban J connectivity index is 2.25. The van der Waals surface area contributed by atoms with E-state index in [1.807, 2.05) is 11.2 Å². The number of nitrogens with zero attached hydrogens (tertiary/aromatic N) is 2. The fourth-order valence-corrected chi connectivity index (χ4v) is 3.40.